The lowest BCUT2D eigenvalue weighted by Crippen LogP contribution is -2.41. The molecule has 2 aliphatic rings. The molecule has 1 atom stereocenters. The number of fused-ring (bicyclic) bond motifs is 1. The van der Waals surface area contributed by atoms with Crippen LogP contribution in [0.2, 0.25) is 0 Å². The van der Waals surface area contributed by atoms with Crippen LogP contribution in [-0.4, -0.2) is 17.9 Å². The molecule has 0 spiro atoms. The van der Waals surface area contributed by atoms with Crippen LogP contribution >= 0.6 is 0 Å². The summed E-state index contributed by atoms with van der Waals surface area (Å²) in [6, 6.07) is 4.41. The van der Waals surface area contributed by atoms with Crippen LogP contribution in [0.3, 0.4) is 0 Å². The number of benzene rings is 1. The smallest absolute Gasteiger partial charge is 0.228 e. The summed E-state index contributed by atoms with van der Waals surface area (Å²) in [5.41, 5.74) is 1.12. The molecule has 1 aromatic rings. The number of amides is 2. The number of anilines is 1. The summed E-state index contributed by atoms with van der Waals surface area (Å²) < 4.78 is 13.4. The van der Waals surface area contributed by atoms with E-state index in [2.05, 4.69) is 10.6 Å². The summed E-state index contributed by atoms with van der Waals surface area (Å²) in [4.78, 5) is 24.5. The maximum absolute atomic E-state index is 13.4. The standard InChI is InChI=1S/C18H23FN2O2/c19-12-8-9-14-15(11-17(22)21-16(14)10-12)18(23)20-13-6-4-2-1-3-5-7-13/h8-10,13,15H,1-7,11H2,(H,20,23)(H,21,22). The summed E-state index contributed by atoms with van der Waals surface area (Å²) in [6.07, 6.45) is 8.12. The van der Waals surface area contributed by atoms with Gasteiger partial charge in [-0.2, -0.15) is 0 Å². The normalized spacial score (nSPS) is 22.5. The second-order valence-corrected chi connectivity index (χ2v) is 6.59. The fourth-order valence-electron chi connectivity index (χ4n) is 3.57. The van der Waals surface area contributed by atoms with E-state index in [1.807, 2.05) is 0 Å². The minimum atomic E-state index is -0.523. The third-order valence-corrected chi connectivity index (χ3v) is 4.82. The third kappa shape index (κ3) is 3.89. The van der Waals surface area contributed by atoms with Gasteiger partial charge in [-0.1, -0.05) is 38.2 Å². The van der Waals surface area contributed by atoms with Gasteiger partial charge >= 0.3 is 0 Å². The van der Waals surface area contributed by atoms with Crippen LogP contribution < -0.4 is 10.6 Å². The molecule has 1 unspecified atom stereocenters. The van der Waals surface area contributed by atoms with Crippen LogP contribution in [0, 0.1) is 5.82 Å². The molecular weight excluding hydrogens is 295 g/mol. The molecule has 2 amide bonds. The summed E-state index contributed by atoms with van der Waals surface area (Å²) in [6.45, 7) is 0. The molecule has 1 aliphatic heterocycles. The van der Waals surface area contributed by atoms with E-state index in [1.54, 1.807) is 6.07 Å². The molecular formula is C18H23FN2O2. The third-order valence-electron chi connectivity index (χ3n) is 4.82. The van der Waals surface area contributed by atoms with Gasteiger partial charge in [0.05, 0.1) is 5.92 Å². The fraction of sp³-hybridized carbons (Fsp3) is 0.556. The number of nitrogens with one attached hydrogen (secondary N) is 2. The second kappa shape index (κ2) is 7.11. The number of rotatable bonds is 2. The average Bonchev–Trinajstić information content (AvgIpc) is 2.48. The topological polar surface area (TPSA) is 58.2 Å². The van der Waals surface area contributed by atoms with E-state index in [4.69, 9.17) is 0 Å². The van der Waals surface area contributed by atoms with Crippen molar-refractivity contribution in [3.63, 3.8) is 0 Å². The lowest BCUT2D eigenvalue weighted by Gasteiger charge is -2.28. The largest absolute Gasteiger partial charge is 0.353 e. The Bertz CT molecular complexity index is 595. The molecule has 5 heteroatoms. The predicted molar refractivity (Wildman–Crippen MR) is 86.6 cm³/mol. The Labute approximate surface area is 135 Å². The molecule has 0 bridgehead atoms. The van der Waals surface area contributed by atoms with Crippen LogP contribution in [0.1, 0.15) is 62.8 Å². The van der Waals surface area contributed by atoms with E-state index in [1.165, 1.54) is 31.4 Å². The van der Waals surface area contributed by atoms with Gasteiger partial charge in [-0.25, -0.2) is 4.39 Å². The molecule has 4 nitrogen and oxygen atoms in total. The number of carbonyl (C=O) groups is 2. The zero-order valence-electron chi connectivity index (χ0n) is 13.2. The first-order chi connectivity index (χ1) is 11.1. The Hall–Kier alpha value is -1.91. The average molecular weight is 318 g/mol. The molecule has 1 aromatic carbocycles. The lowest BCUT2D eigenvalue weighted by atomic mass is 9.88. The van der Waals surface area contributed by atoms with Gasteiger partial charge in [0.25, 0.3) is 0 Å². The van der Waals surface area contributed by atoms with Gasteiger partial charge < -0.3 is 10.6 Å². The molecule has 1 fully saturated rings. The van der Waals surface area contributed by atoms with Crippen molar-refractivity contribution in [2.75, 3.05) is 5.32 Å². The van der Waals surface area contributed by atoms with E-state index in [0.717, 1.165) is 25.7 Å². The number of carbonyl (C=O) groups excluding carboxylic acids is 2. The predicted octanol–water partition coefficient (Wildman–Crippen LogP) is 3.48. The SMILES string of the molecule is O=C1CC(C(=O)NC2CCCCCCC2)c2ccc(F)cc2N1. The number of hydrogen-bond donors (Lipinski definition) is 2. The molecule has 1 heterocycles. The van der Waals surface area contributed by atoms with Crippen molar-refractivity contribution in [1.29, 1.82) is 0 Å². The summed E-state index contributed by atoms with van der Waals surface area (Å²) in [5.74, 6) is -1.28. The first-order valence-electron chi connectivity index (χ1n) is 8.53. The highest BCUT2D eigenvalue weighted by atomic mass is 19.1. The first-order valence-corrected chi connectivity index (χ1v) is 8.53. The van der Waals surface area contributed by atoms with Gasteiger partial charge in [0.1, 0.15) is 5.82 Å². The quantitative estimate of drug-likeness (QED) is 0.877. The fourth-order valence-corrected chi connectivity index (χ4v) is 3.57. The van der Waals surface area contributed by atoms with Crippen LogP contribution in [0.5, 0.6) is 0 Å². The van der Waals surface area contributed by atoms with Gasteiger partial charge in [0.15, 0.2) is 0 Å². The Morgan fingerprint density at radius 3 is 2.57 bits per heavy atom. The number of halogens is 1. The van der Waals surface area contributed by atoms with Crippen molar-refractivity contribution < 1.29 is 14.0 Å². The van der Waals surface area contributed by atoms with Crippen LogP contribution in [0.4, 0.5) is 10.1 Å². The van der Waals surface area contributed by atoms with Gasteiger partial charge in [-0.15, -0.1) is 0 Å². The molecule has 0 saturated heterocycles. The Morgan fingerprint density at radius 1 is 1.13 bits per heavy atom. The highest BCUT2D eigenvalue weighted by Gasteiger charge is 2.31. The van der Waals surface area contributed by atoms with Gasteiger partial charge in [-0.3, -0.25) is 9.59 Å². The summed E-state index contributed by atoms with van der Waals surface area (Å²) in [7, 11) is 0. The lowest BCUT2D eigenvalue weighted by molar-refractivity contribution is -0.127. The number of hydrogen-bond acceptors (Lipinski definition) is 2. The van der Waals surface area contributed by atoms with Crippen LogP contribution in [-0.2, 0) is 9.59 Å². The van der Waals surface area contributed by atoms with Gasteiger partial charge in [0, 0.05) is 18.2 Å². The van der Waals surface area contributed by atoms with E-state index in [9.17, 15) is 14.0 Å². The maximum Gasteiger partial charge on any atom is 0.228 e. The Morgan fingerprint density at radius 2 is 1.83 bits per heavy atom. The Balaban J connectivity index is 1.73. The Kier molecular flexibility index (Phi) is 4.94. The minimum Gasteiger partial charge on any atom is -0.353 e. The van der Waals surface area contributed by atoms with Crippen molar-refractivity contribution >= 4 is 17.5 Å². The van der Waals surface area contributed by atoms with Crippen molar-refractivity contribution in [3.05, 3.63) is 29.6 Å². The van der Waals surface area contributed by atoms with E-state index in [-0.39, 0.29) is 24.3 Å². The maximum atomic E-state index is 13.4. The summed E-state index contributed by atoms with van der Waals surface area (Å²) in [5, 5.41) is 5.77. The van der Waals surface area contributed by atoms with Crippen molar-refractivity contribution in [1.82, 2.24) is 5.32 Å². The van der Waals surface area contributed by atoms with Crippen molar-refractivity contribution in [2.45, 2.75) is 63.3 Å². The van der Waals surface area contributed by atoms with Crippen LogP contribution in [0.25, 0.3) is 0 Å². The summed E-state index contributed by atoms with van der Waals surface area (Å²) >= 11 is 0. The van der Waals surface area contributed by atoms with Gasteiger partial charge in [0.2, 0.25) is 11.8 Å². The van der Waals surface area contributed by atoms with E-state index >= 15 is 0 Å². The first kappa shape index (κ1) is 16.0. The molecule has 124 valence electrons. The molecule has 23 heavy (non-hydrogen) atoms. The second-order valence-electron chi connectivity index (χ2n) is 6.59. The van der Waals surface area contributed by atoms with E-state index in [0.29, 0.717) is 11.3 Å². The molecule has 1 aliphatic carbocycles. The molecule has 1 saturated carbocycles. The molecule has 3 rings (SSSR count). The van der Waals surface area contributed by atoms with Crippen molar-refractivity contribution in [2.24, 2.45) is 0 Å². The van der Waals surface area contributed by atoms with Crippen molar-refractivity contribution in [3.8, 4) is 0 Å². The zero-order valence-corrected chi connectivity index (χ0v) is 13.2. The monoisotopic (exact) mass is 318 g/mol. The molecule has 0 radical (unpaired) electrons. The van der Waals surface area contributed by atoms with Crippen LogP contribution in [0.15, 0.2) is 18.2 Å². The molecule has 2 N–H and O–H groups in total. The van der Waals surface area contributed by atoms with Gasteiger partial charge in [-0.05, 0) is 30.5 Å². The zero-order chi connectivity index (χ0) is 16.2. The minimum absolute atomic E-state index is 0.113. The molecule has 0 aromatic heterocycles. The van der Waals surface area contributed by atoms with E-state index < -0.39 is 11.7 Å². The highest BCUT2D eigenvalue weighted by molar-refractivity contribution is 6.01. The highest BCUT2D eigenvalue weighted by Crippen LogP contribution is 2.33.